The Hall–Kier alpha value is -2.73. The van der Waals surface area contributed by atoms with Crippen molar-refractivity contribution < 1.29 is 39.5 Å². The molecule has 0 aliphatic heterocycles. The maximum atomic E-state index is 13.4. The molecule has 2 aromatic rings. The zero-order valence-corrected chi connectivity index (χ0v) is 15.3. The van der Waals surface area contributed by atoms with Crippen LogP contribution in [0.1, 0.15) is 43.1 Å². The molecule has 0 radical (unpaired) electrons. The van der Waals surface area contributed by atoms with E-state index >= 15 is 0 Å². The monoisotopic (exact) mass is 447 g/mol. The summed E-state index contributed by atoms with van der Waals surface area (Å²) < 4.78 is 120. The van der Waals surface area contributed by atoms with Crippen LogP contribution in [0.5, 0.6) is 0 Å². The summed E-state index contributed by atoms with van der Waals surface area (Å²) in [5.74, 6) is -1.21. The van der Waals surface area contributed by atoms with Crippen LogP contribution in [-0.2, 0) is 18.5 Å². The van der Waals surface area contributed by atoms with Crippen molar-refractivity contribution in [1.82, 2.24) is 9.55 Å². The number of anilines is 1. The van der Waals surface area contributed by atoms with Crippen molar-refractivity contribution in [1.29, 1.82) is 0 Å². The molecule has 0 saturated heterocycles. The number of alkyl halides is 9. The topological polar surface area (TPSA) is 60.9 Å². The van der Waals surface area contributed by atoms with Gasteiger partial charge >= 0.3 is 18.5 Å². The number of benzene rings is 1. The van der Waals surface area contributed by atoms with Gasteiger partial charge in [-0.3, -0.25) is 9.36 Å². The Bertz CT molecular complexity index is 1000. The van der Waals surface area contributed by atoms with E-state index in [1.807, 2.05) is 0 Å². The number of nitrogens with two attached hydrogens (primary N) is 1. The molecule has 2 rings (SSSR count). The third kappa shape index (κ3) is 4.38. The van der Waals surface area contributed by atoms with E-state index in [0.717, 1.165) is 0 Å². The van der Waals surface area contributed by atoms with Crippen molar-refractivity contribution in [3.05, 3.63) is 45.4 Å². The van der Waals surface area contributed by atoms with Crippen molar-refractivity contribution in [2.45, 2.75) is 44.8 Å². The number of hydrogen-bond acceptors (Lipinski definition) is 3. The van der Waals surface area contributed by atoms with Crippen LogP contribution in [0.2, 0.25) is 0 Å². The lowest BCUT2D eigenvalue weighted by Crippen LogP contribution is -2.32. The number of nitrogens with zero attached hydrogens (tertiary/aromatic N) is 2. The lowest BCUT2D eigenvalue weighted by Gasteiger charge is -2.23. The molecule has 1 heterocycles. The van der Waals surface area contributed by atoms with E-state index in [9.17, 15) is 44.3 Å². The van der Waals surface area contributed by atoms with Crippen LogP contribution in [0, 0.1) is 0 Å². The summed E-state index contributed by atoms with van der Waals surface area (Å²) in [7, 11) is 0. The van der Waals surface area contributed by atoms with Gasteiger partial charge in [0.25, 0.3) is 5.56 Å². The minimum atomic E-state index is -5.33. The van der Waals surface area contributed by atoms with E-state index in [0.29, 0.717) is 4.57 Å². The molecule has 1 atom stereocenters. The van der Waals surface area contributed by atoms with Gasteiger partial charge in [0.15, 0.2) is 5.69 Å². The van der Waals surface area contributed by atoms with E-state index in [2.05, 4.69) is 4.98 Å². The minimum absolute atomic E-state index is 0.0137. The molecule has 1 unspecified atom stereocenters. The largest absolute Gasteiger partial charge is 0.435 e. The molecule has 13 heteroatoms. The van der Waals surface area contributed by atoms with Crippen molar-refractivity contribution in [3.63, 3.8) is 0 Å². The molecule has 0 amide bonds. The van der Waals surface area contributed by atoms with E-state index in [-0.39, 0.29) is 24.6 Å². The van der Waals surface area contributed by atoms with Gasteiger partial charge in [-0.25, -0.2) is 4.98 Å². The smallest absolute Gasteiger partial charge is 0.392 e. The van der Waals surface area contributed by atoms with Crippen LogP contribution in [0.15, 0.2) is 23.0 Å². The lowest BCUT2D eigenvalue weighted by atomic mass is 10.0. The molecule has 166 valence electrons. The third-order valence-corrected chi connectivity index (χ3v) is 4.34. The molecule has 4 nitrogen and oxygen atoms in total. The first-order chi connectivity index (χ1) is 13.5. The van der Waals surface area contributed by atoms with Gasteiger partial charge in [-0.1, -0.05) is 6.92 Å². The molecule has 1 aromatic heterocycles. The fraction of sp³-hybridized carbons (Fsp3) is 0.412. The predicted molar refractivity (Wildman–Crippen MR) is 88.4 cm³/mol. The maximum absolute atomic E-state index is 13.4. The summed E-state index contributed by atoms with van der Waals surface area (Å²) in [6, 6.07) is -0.783. The first-order valence-corrected chi connectivity index (χ1v) is 8.28. The Kier molecular flexibility index (Phi) is 5.89. The predicted octanol–water partition coefficient (Wildman–Crippen LogP) is 5.52. The molecule has 30 heavy (non-hydrogen) atoms. The van der Waals surface area contributed by atoms with Crippen molar-refractivity contribution in [2.75, 3.05) is 5.73 Å². The van der Waals surface area contributed by atoms with Gasteiger partial charge in [0.1, 0.15) is 11.5 Å². The maximum Gasteiger partial charge on any atom is 0.435 e. The quantitative estimate of drug-likeness (QED) is 0.631. The molecular formula is C17H14F9N3O. The number of halogens is 9. The fourth-order valence-corrected chi connectivity index (χ4v) is 2.70. The summed E-state index contributed by atoms with van der Waals surface area (Å²) in [5, 5.41) is 0. The van der Waals surface area contributed by atoms with Gasteiger partial charge in [-0.2, -0.15) is 39.5 Å². The molecule has 0 aliphatic rings. The summed E-state index contributed by atoms with van der Waals surface area (Å²) >= 11 is 0. The summed E-state index contributed by atoms with van der Waals surface area (Å²) in [6.07, 6.45) is -15.6. The highest BCUT2D eigenvalue weighted by Gasteiger charge is 2.41. The van der Waals surface area contributed by atoms with E-state index in [1.54, 1.807) is 0 Å². The van der Waals surface area contributed by atoms with Gasteiger partial charge in [-0.05, 0) is 31.5 Å². The third-order valence-electron chi connectivity index (χ3n) is 4.34. The van der Waals surface area contributed by atoms with Gasteiger partial charge < -0.3 is 5.73 Å². The number of nitrogen functional groups attached to an aromatic ring is 1. The van der Waals surface area contributed by atoms with E-state index in [4.69, 9.17) is 5.73 Å². The van der Waals surface area contributed by atoms with Crippen LogP contribution in [0.3, 0.4) is 0 Å². The SMILES string of the molecule is CCC(C)n1c(-c2cc(C(F)(F)F)ccc2C(F)(F)F)nc(C(F)(F)F)c(N)c1=O. The zero-order chi connectivity index (χ0) is 23.2. The molecule has 2 N–H and O–H groups in total. The van der Waals surface area contributed by atoms with Gasteiger partial charge in [0.2, 0.25) is 0 Å². The zero-order valence-electron chi connectivity index (χ0n) is 15.3. The van der Waals surface area contributed by atoms with Crippen molar-refractivity contribution in [3.8, 4) is 11.4 Å². The second-order valence-electron chi connectivity index (χ2n) is 6.38. The van der Waals surface area contributed by atoms with Gasteiger partial charge in [-0.15, -0.1) is 0 Å². The molecule has 0 spiro atoms. The van der Waals surface area contributed by atoms with Gasteiger partial charge in [0, 0.05) is 11.6 Å². The van der Waals surface area contributed by atoms with E-state index < -0.39 is 64.0 Å². The second kappa shape index (κ2) is 7.51. The Morgan fingerprint density at radius 2 is 1.57 bits per heavy atom. The first kappa shape index (κ1) is 23.5. The molecule has 0 saturated carbocycles. The number of hydrogen-bond donors (Lipinski definition) is 1. The van der Waals surface area contributed by atoms with Crippen molar-refractivity contribution in [2.24, 2.45) is 0 Å². The van der Waals surface area contributed by atoms with Crippen molar-refractivity contribution >= 4 is 5.69 Å². The molecule has 0 bridgehead atoms. The number of rotatable bonds is 3. The summed E-state index contributed by atoms with van der Waals surface area (Å²) in [4.78, 5) is 15.6. The standard InChI is InChI=1S/C17H14F9N3O/c1-3-7(2)29-13(28-12(17(24,25)26)11(27)14(29)30)9-6-8(15(18,19)20)4-5-10(9)16(21,22)23/h4-7H,3,27H2,1-2H3. The average molecular weight is 447 g/mol. The van der Waals surface area contributed by atoms with Gasteiger partial charge in [0.05, 0.1) is 11.1 Å². The lowest BCUT2D eigenvalue weighted by molar-refractivity contribution is -0.141. The molecule has 0 aliphatic carbocycles. The average Bonchev–Trinajstić information content (AvgIpc) is 2.60. The highest BCUT2D eigenvalue weighted by Crippen LogP contribution is 2.41. The summed E-state index contributed by atoms with van der Waals surface area (Å²) in [5.41, 5.74) is -4.20. The second-order valence-corrected chi connectivity index (χ2v) is 6.38. The first-order valence-electron chi connectivity index (χ1n) is 8.28. The molecular weight excluding hydrogens is 433 g/mol. The van der Waals surface area contributed by atoms with Crippen LogP contribution in [0.4, 0.5) is 45.2 Å². The Morgan fingerprint density at radius 1 is 1.00 bits per heavy atom. The van der Waals surface area contributed by atoms with Crippen LogP contribution in [-0.4, -0.2) is 9.55 Å². The number of aromatic nitrogens is 2. The summed E-state index contributed by atoms with van der Waals surface area (Å²) in [6.45, 7) is 2.74. The Labute approximate surface area is 163 Å². The van der Waals surface area contributed by atoms with Crippen LogP contribution >= 0.6 is 0 Å². The Morgan fingerprint density at radius 3 is 2.00 bits per heavy atom. The molecule has 1 aromatic carbocycles. The highest BCUT2D eigenvalue weighted by atomic mass is 19.4. The fourth-order valence-electron chi connectivity index (χ4n) is 2.70. The Balaban J connectivity index is 3.08. The van der Waals surface area contributed by atoms with Crippen LogP contribution < -0.4 is 11.3 Å². The normalized spacial score (nSPS) is 14.1. The molecule has 0 fully saturated rings. The highest BCUT2D eigenvalue weighted by molar-refractivity contribution is 5.65. The van der Waals surface area contributed by atoms with E-state index in [1.165, 1.54) is 13.8 Å². The van der Waals surface area contributed by atoms with Crippen LogP contribution in [0.25, 0.3) is 11.4 Å². The minimum Gasteiger partial charge on any atom is -0.392 e.